The summed E-state index contributed by atoms with van der Waals surface area (Å²) in [6.07, 6.45) is 1.83. The Hall–Kier alpha value is -1.61. The van der Waals surface area contributed by atoms with Crippen LogP contribution in [-0.2, 0) is 16.1 Å². The fourth-order valence-electron chi connectivity index (χ4n) is 1.39. The molecule has 0 atom stereocenters. The summed E-state index contributed by atoms with van der Waals surface area (Å²) in [7, 11) is 1.39. The summed E-state index contributed by atoms with van der Waals surface area (Å²) in [5, 5.41) is 3.25. The van der Waals surface area contributed by atoms with Crippen molar-refractivity contribution >= 4 is 5.97 Å². The first-order valence-electron chi connectivity index (χ1n) is 5.65. The molecule has 0 bridgehead atoms. The lowest BCUT2D eigenvalue weighted by Crippen LogP contribution is -2.14. The van der Waals surface area contributed by atoms with Crippen LogP contribution in [0.4, 0.5) is 0 Å². The number of carbonyl (C=O) groups is 1. The van der Waals surface area contributed by atoms with Crippen molar-refractivity contribution in [3.05, 3.63) is 47.0 Å². The van der Waals surface area contributed by atoms with Crippen molar-refractivity contribution in [3.63, 3.8) is 0 Å². The van der Waals surface area contributed by atoms with Crippen LogP contribution in [0, 0.1) is 6.92 Å². The summed E-state index contributed by atoms with van der Waals surface area (Å²) in [6.45, 7) is 5.28. The Kier molecular flexibility index (Phi) is 5.43. The zero-order valence-corrected chi connectivity index (χ0v) is 10.6. The normalized spacial score (nSPS) is 11.4. The number of aryl methyl sites for hydroxylation is 1. The fourth-order valence-corrected chi connectivity index (χ4v) is 1.39. The largest absolute Gasteiger partial charge is 0.466 e. The zero-order valence-electron chi connectivity index (χ0n) is 10.6. The van der Waals surface area contributed by atoms with Crippen LogP contribution in [0.3, 0.4) is 0 Å². The summed E-state index contributed by atoms with van der Waals surface area (Å²) in [4.78, 5) is 11.1. The van der Waals surface area contributed by atoms with Gasteiger partial charge in [-0.15, -0.1) is 0 Å². The van der Waals surface area contributed by atoms with Gasteiger partial charge in [0, 0.05) is 18.7 Å². The van der Waals surface area contributed by atoms with Gasteiger partial charge in [0.15, 0.2) is 0 Å². The van der Waals surface area contributed by atoms with Crippen molar-refractivity contribution in [2.45, 2.75) is 20.4 Å². The predicted molar refractivity (Wildman–Crippen MR) is 68.7 cm³/mol. The smallest absolute Gasteiger partial charge is 0.333 e. The molecule has 0 amide bonds. The summed E-state index contributed by atoms with van der Waals surface area (Å²) >= 11 is 0. The van der Waals surface area contributed by atoms with Gasteiger partial charge in [-0.25, -0.2) is 4.79 Å². The quantitative estimate of drug-likeness (QED) is 0.481. The fraction of sp³-hybridized carbons (Fsp3) is 0.357. The van der Waals surface area contributed by atoms with Gasteiger partial charge in [-0.1, -0.05) is 35.9 Å². The van der Waals surface area contributed by atoms with Crippen molar-refractivity contribution in [2.24, 2.45) is 0 Å². The Labute approximate surface area is 102 Å². The molecule has 1 aromatic rings. The van der Waals surface area contributed by atoms with Crippen LogP contribution in [0.5, 0.6) is 0 Å². The molecule has 0 aliphatic carbocycles. The highest BCUT2D eigenvalue weighted by Gasteiger charge is 2.00. The second-order valence-corrected chi connectivity index (χ2v) is 4.00. The van der Waals surface area contributed by atoms with E-state index in [1.807, 2.05) is 6.08 Å². The minimum Gasteiger partial charge on any atom is -0.466 e. The van der Waals surface area contributed by atoms with Crippen LogP contribution >= 0.6 is 0 Å². The summed E-state index contributed by atoms with van der Waals surface area (Å²) in [6, 6.07) is 8.37. The van der Waals surface area contributed by atoms with Crippen molar-refractivity contribution in [1.29, 1.82) is 0 Å². The molecule has 92 valence electrons. The predicted octanol–water partition coefficient (Wildman–Crippen LogP) is 2.20. The number of esters is 1. The van der Waals surface area contributed by atoms with Crippen molar-refractivity contribution in [2.75, 3.05) is 13.7 Å². The van der Waals surface area contributed by atoms with E-state index < -0.39 is 0 Å². The van der Waals surface area contributed by atoms with Gasteiger partial charge in [-0.05, 0) is 19.4 Å². The highest BCUT2D eigenvalue weighted by atomic mass is 16.5. The van der Waals surface area contributed by atoms with E-state index in [-0.39, 0.29) is 5.97 Å². The first kappa shape index (κ1) is 13.5. The molecule has 0 aliphatic heterocycles. The minimum absolute atomic E-state index is 0.276. The minimum atomic E-state index is -0.276. The van der Waals surface area contributed by atoms with Gasteiger partial charge in [0.05, 0.1) is 7.11 Å². The molecule has 0 aliphatic rings. The van der Waals surface area contributed by atoms with Crippen LogP contribution in [0.25, 0.3) is 0 Å². The molecule has 3 heteroatoms. The van der Waals surface area contributed by atoms with E-state index in [4.69, 9.17) is 0 Å². The van der Waals surface area contributed by atoms with Gasteiger partial charge in [0.2, 0.25) is 0 Å². The molecule has 0 spiro atoms. The SMILES string of the molecule is COC(=O)/C(C)=C/CNCc1ccc(C)cc1. The van der Waals surface area contributed by atoms with Crippen LogP contribution in [0.15, 0.2) is 35.9 Å². The molecule has 17 heavy (non-hydrogen) atoms. The van der Waals surface area contributed by atoms with E-state index in [9.17, 15) is 4.79 Å². The maximum atomic E-state index is 11.1. The Morgan fingerprint density at radius 1 is 1.35 bits per heavy atom. The van der Waals surface area contributed by atoms with Gasteiger partial charge in [0.25, 0.3) is 0 Å². The Morgan fingerprint density at radius 2 is 2.00 bits per heavy atom. The highest BCUT2D eigenvalue weighted by Crippen LogP contribution is 2.02. The monoisotopic (exact) mass is 233 g/mol. The molecule has 0 fully saturated rings. The van der Waals surface area contributed by atoms with Crippen LogP contribution in [0.1, 0.15) is 18.1 Å². The van der Waals surface area contributed by atoms with E-state index >= 15 is 0 Å². The second-order valence-electron chi connectivity index (χ2n) is 4.00. The number of ether oxygens (including phenoxy) is 1. The van der Waals surface area contributed by atoms with Gasteiger partial charge in [-0.2, -0.15) is 0 Å². The molecular weight excluding hydrogens is 214 g/mol. The second kappa shape index (κ2) is 6.86. The number of rotatable bonds is 5. The molecule has 0 aromatic heterocycles. The van der Waals surface area contributed by atoms with E-state index in [0.29, 0.717) is 12.1 Å². The Balaban J connectivity index is 2.33. The molecule has 0 saturated carbocycles. The molecule has 1 N–H and O–H groups in total. The van der Waals surface area contributed by atoms with Gasteiger partial charge in [-0.3, -0.25) is 0 Å². The number of carbonyl (C=O) groups excluding carboxylic acids is 1. The maximum Gasteiger partial charge on any atom is 0.333 e. The van der Waals surface area contributed by atoms with Gasteiger partial charge >= 0.3 is 5.97 Å². The van der Waals surface area contributed by atoms with E-state index in [2.05, 4.69) is 41.2 Å². The third kappa shape index (κ3) is 4.83. The highest BCUT2D eigenvalue weighted by molar-refractivity contribution is 5.87. The van der Waals surface area contributed by atoms with E-state index in [0.717, 1.165) is 6.54 Å². The van der Waals surface area contributed by atoms with Crippen LogP contribution in [0.2, 0.25) is 0 Å². The Bertz CT molecular complexity index is 393. The van der Waals surface area contributed by atoms with E-state index in [1.165, 1.54) is 18.2 Å². The molecule has 0 saturated heterocycles. The summed E-state index contributed by atoms with van der Waals surface area (Å²) in [5.41, 5.74) is 3.12. The molecule has 3 nitrogen and oxygen atoms in total. The number of hydrogen-bond donors (Lipinski definition) is 1. The lowest BCUT2D eigenvalue weighted by atomic mass is 10.1. The molecule has 0 unspecified atom stereocenters. The van der Waals surface area contributed by atoms with Gasteiger partial charge < -0.3 is 10.1 Å². The average molecular weight is 233 g/mol. The maximum absolute atomic E-state index is 11.1. The third-order valence-electron chi connectivity index (χ3n) is 2.51. The first-order chi connectivity index (χ1) is 8.13. The van der Waals surface area contributed by atoms with Crippen molar-refractivity contribution < 1.29 is 9.53 Å². The van der Waals surface area contributed by atoms with Crippen LogP contribution < -0.4 is 5.32 Å². The first-order valence-corrected chi connectivity index (χ1v) is 5.65. The van der Waals surface area contributed by atoms with E-state index in [1.54, 1.807) is 6.92 Å². The van der Waals surface area contributed by atoms with Crippen LogP contribution in [-0.4, -0.2) is 19.6 Å². The zero-order chi connectivity index (χ0) is 12.7. The van der Waals surface area contributed by atoms with Gasteiger partial charge in [0.1, 0.15) is 0 Å². The lowest BCUT2D eigenvalue weighted by molar-refractivity contribution is -0.136. The lowest BCUT2D eigenvalue weighted by Gasteiger charge is -2.03. The standard InChI is InChI=1S/C14H19NO2/c1-11-4-6-13(7-5-11)10-15-9-8-12(2)14(16)17-3/h4-8,15H,9-10H2,1-3H3/b12-8+. The third-order valence-corrected chi connectivity index (χ3v) is 2.51. The number of hydrogen-bond acceptors (Lipinski definition) is 3. The summed E-state index contributed by atoms with van der Waals surface area (Å²) < 4.78 is 4.61. The number of nitrogens with one attached hydrogen (secondary N) is 1. The average Bonchev–Trinajstić information content (AvgIpc) is 2.35. The van der Waals surface area contributed by atoms with Crippen molar-refractivity contribution in [1.82, 2.24) is 5.32 Å². The topological polar surface area (TPSA) is 38.3 Å². The Morgan fingerprint density at radius 3 is 2.59 bits per heavy atom. The van der Waals surface area contributed by atoms with Crippen molar-refractivity contribution in [3.8, 4) is 0 Å². The molecule has 1 rings (SSSR count). The molecular formula is C14H19NO2. The molecule has 0 heterocycles. The summed E-state index contributed by atoms with van der Waals surface area (Å²) in [5.74, 6) is -0.276. The molecule has 1 aromatic carbocycles. The molecule has 0 radical (unpaired) electrons. The number of methoxy groups -OCH3 is 1. The number of benzene rings is 1.